The molecular formula is C38H45N3O11S. The predicted molar refractivity (Wildman–Crippen MR) is 189 cm³/mol. The van der Waals surface area contributed by atoms with E-state index in [0.717, 1.165) is 5.01 Å². The lowest BCUT2D eigenvalue weighted by atomic mass is 9.72. The number of fused-ring (bicyclic) bond motifs is 6. The maximum absolute atomic E-state index is 14.2. The molecule has 3 aliphatic heterocycles. The molecule has 284 valence electrons. The lowest BCUT2D eigenvalue weighted by molar-refractivity contribution is -0.256. The number of hydrogen-bond acceptors (Lipinski definition) is 15. The van der Waals surface area contributed by atoms with Gasteiger partial charge in [-0.25, -0.2) is 4.98 Å². The van der Waals surface area contributed by atoms with Gasteiger partial charge in [-0.15, -0.1) is 11.3 Å². The summed E-state index contributed by atoms with van der Waals surface area (Å²) in [5.41, 5.74) is -1.70. The van der Waals surface area contributed by atoms with Crippen molar-refractivity contribution < 1.29 is 53.3 Å². The number of aromatic nitrogens is 1. The molecule has 4 heterocycles. The van der Waals surface area contributed by atoms with Gasteiger partial charge < -0.3 is 43.7 Å². The van der Waals surface area contributed by atoms with Crippen molar-refractivity contribution in [2.24, 2.45) is 0 Å². The van der Waals surface area contributed by atoms with E-state index in [1.54, 1.807) is 24.6 Å². The SMILES string of the molecule is COc1cccc2c1C(=O)c1c(O)c3c(c(O)c1C2=O)C[C@@](O)(c1csc(CN(C)C(C)C)n1)C[C@@H]3O[C@H]1C[C@H]2[C@H](O[C@@H]3[C@@H](OC)OCCN32)[C@H](C)O1. The summed E-state index contributed by atoms with van der Waals surface area (Å²) in [6.07, 6.45) is -3.48. The van der Waals surface area contributed by atoms with Crippen molar-refractivity contribution in [2.75, 3.05) is 34.4 Å². The Kier molecular flexibility index (Phi) is 9.40. The van der Waals surface area contributed by atoms with E-state index < -0.39 is 59.7 Å². The van der Waals surface area contributed by atoms with Gasteiger partial charge in [0, 0.05) is 67.1 Å². The third-order valence-electron chi connectivity index (χ3n) is 11.5. The maximum Gasteiger partial charge on any atom is 0.202 e. The number of aromatic hydroxyl groups is 2. The predicted octanol–water partition coefficient (Wildman–Crippen LogP) is 3.60. The third kappa shape index (κ3) is 5.88. The van der Waals surface area contributed by atoms with E-state index in [9.17, 15) is 24.9 Å². The number of carbonyl (C=O) groups is 2. The number of phenolic OH excluding ortho intramolecular Hbond substituents is 2. The molecule has 2 aliphatic carbocycles. The van der Waals surface area contributed by atoms with Crippen molar-refractivity contribution >= 4 is 22.9 Å². The van der Waals surface area contributed by atoms with Crippen molar-refractivity contribution in [3.63, 3.8) is 0 Å². The highest BCUT2D eigenvalue weighted by atomic mass is 32.1. The fraction of sp³-hybridized carbons (Fsp3) is 0.553. The van der Waals surface area contributed by atoms with Crippen LogP contribution in [0.5, 0.6) is 17.2 Å². The topological polar surface area (TPSA) is 170 Å². The molecule has 53 heavy (non-hydrogen) atoms. The Bertz CT molecular complexity index is 1950. The largest absolute Gasteiger partial charge is 0.507 e. The van der Waals surface area contributed by atoms with Gasteiger partial charge in [-0.2, -0.15) is 0 Å². The van der Waals surface area contributed by atoms with E-state index in [4.69, 9.17) is 33.4 Å². The minimum absolute atomic E-state index is 0.000516. The van der Waals surface area contributed by atoms with Crippen LogP contribution in [0, 0.1) is 0 Å². The molecule has 0 unspecified atom stereocenters. The van der Waals surface area contributed by atoms with Crippen molar-refractivity contribution in [3.05, 3.63) is 67.7 Å². The molecule has 3 fully saturated rings. The van der Waals surface area contributed by atoms with Gasteiger partial charge in [0.2, 0.25) is 5.78 Å². The van der Waals surface area contributed by atoms with Gasteiger partial charge in [0.25, 0.3) is 0 Å². The van der Waals surface area contributed by atoms with Gasteiger partial charge >= 0.3 is 0 Å². The first-order chi connectivity index (χ1) is 25.3. The van der Waals surface area contributed by atoms with Crippen LogP contribution in [0.2, 0.25) is 0 Å². The van der Waals surface area contributed by atoms with E-state index in [2.05, 4.69) is 23.6 Å². The van der Waals surface area contributed by atoms with Gasteiger partial charge in [-0.1, -0.05) is 12.1 Å². The Morgan fingerprint density at radius 3 is 2.62 bits per heavy atom. The van der Waals surface area contributed by atoms with Gasteiger partial charge in [-0.3, -0.25) is 19.4 Å². The van der Waals surface area contributed by atoms with Crippen LogP contribution in [-0.4, -0.2) is 119 Å². The highest BCUT2D eigenvalue weighted by Gasteiger charge is 2.55. The number of hydrogen-bond donors (Lipinski definition) is 3. The van der Waals surface area contributed by atoms with Crippen LogP contribution in [0.1, 0.15) is 93.4 Å². The fourth-order valence-electron chi connectivity index (χ4n) is 8.52. The van der Waals surface area contributed by atoms with Crippen molar-refractivity contribution in [2.45, 2.75) is 101 Å². The number of aliphatic hydroxyl groups is 1. The van der Waals surface area contributed by atoms with Crippen LogP contribution in [0.25, 0.3) is 0 Å². The molecule has 14 nitrogen and oxygen atoms in total. The summed E-state index contributed by atoms with van der Waals surface area (Å²) in [6, 6.07) is 4.80. The highest BCUT2D eigenvalue weighted by molar-refractivity contribution is 7.09. The first-order valence-corrected chi connectivity index (χ1v) is 18.8. The smallest absolute Gasteiger partial charge is 0.202 e. The Labute approximate surface area is 311 Å². The van der Waals surface area contributed by atoms with Crippen LogP contribution < -0.4 is 4.74 Å². The zero-order valence-electron chi connectivity index (χ0n) is 30.5. The lowest BCUT2D eigenvalue weighted by Gasteiger charge is -2.43. The molecule has 8 rings (SSSR count). The van der Waals surface area contributed by atoms with Crippen LogP contribution in [0.4, 0.5) is 0 Å². The summed E-state index contributed by atoms with van der Waals surface area (Å²) in [7, 11) is 4.97. The molecule has 0 bridgehead atoms. The molecule has 0 saturated carbocycles. The number of morpholine rings is 1. The Morgan fingerprint density at radius 1 is 1.11 bits per heavy atom. The number of methoxy groups -OCH3 is 2. The molecule has 5 aliphatic rings. The summed E-state index contributed by atoms with van der Waals surface area (Å²) < 4.78 is 36.3. The number of thiazole rings is 1. The zero-order valence-corrected chi connectivity index (χ0v) is 31.3. The Balaban J connectivity index is 1.20. The number of ketones is 2. The second kappa shape index (κ2) is 13.7. The van der Waals surface area contributed by atoms with Gasteiger partial charge in [-0.05, 0) is 33.9 Å². The number of benzene rings is 2. The summed E-state index contributed by atoms with van der Waals surface area (Å²) in [6.45, 7) is 7.73. The molecule has 0 amide bonds. The van der Waals surface area contributed by atoms with E-state index in [1.807, 2.05) is 14.0 Å². The van der Waals surface area contributed by atoms with Crippen LogP contribution in [-0.2, 0) is 42.3 Å². The average Bonchev–Trinajstić information content (AvgIpc) is 3.77. The van der Waals surface area contributed by atoms with Gasteiger partial charge in [0.1, 0.15) is 34.0 Å². The molecule has 3 aromatic rings. The summed E-state index contributed by atoms with van der Waals surface area (Å²) >= 11 is 1.41. The molecule has 0 spiro atoms. The van der Waals surface area contributed by atoms with E-state index in [-0.39, 0.29) is 70.2 Å². The molecule has 3 saturated heterocycles. The van der Waals surface area contributed by atoms with E-state index in [0.29, 0.717) is 31.8 Å². The minimum Gasteiger partial charge on any atom is -0.507 e. The molecule has 1 aromatic heterocycles. The normalized spacial score (nSPS) is 30.9. The van der Waals surface area contributed by atoms with Crippen LogP contribution in [0.3, 0.4) is 0 Å². The third-order valence-corrected chi connectivity index (χ3v) is 12.3. The molecule has 2 aromatic carbocycles. The van der Waals surface area contributed by atoms with Crippen molar-refractivity contribution in [1.29, 1.82) is 0 Å². The Hall–Kier alpha value is -3.51. The van der Waals surface area contributed by atoms with Crippen molar-refractivity contribution in [3.8, 4) is 17.2 Å². The first kappa shape index (κ1) is 36.5. The van der Waals surface area contributed by atoms with Crippen LogP contribution in [0.15, 0.2) is 23.6 Å². The van der Waals surface area contributed by atoms with E-state index in [1.165, 1.54) is 24.5 Å². The summed E-state index contributed by atoms with van der Waals surface area (Å²) in [5, 5.41) is 39.2. The number of ether oxygens (including phenoxy) is 6. The lowest BCUT2D eigenvalue weighted by Crippen LogP contribution is -2.55. The quantitative estimate of drug-likeness (QED) is 0.223. The molecule has 15 heteroatoms. The Morgan fingerprint density at radius 2 is 1.89 bits per heavy atom. The second-order valence-electron chi connectivity index (χ2n) is 14.8. The molecular weight excluding hydrogens is 706 g/mol. The monoisotopic (exact) mass is 751 g/mol. The minimum atomic E-state index is -1.68. The summed E-state index contributed by atoms with van der Waals surface area (Å²) in [5.74, 6) is -2.13. The number of carbonyl (C=O) groups excluding carboxylic acids is 2. The molecule has 3 N–H and O–H groups in total. The number of phenols is 2. The van der Waals surface area contributed by atoms with Gasteiger partial charge in [0.15, 0.2) is 24.6 Å². The zero-order chi connectivity index (χ0) is 37.5. The number of rotatable bonds is 8. The summed E-state index contributed by atoms with van der Waals surface area (Å²) in [4.78, 5) is 37.3. The maximum atomic E-state index is 14.2. The van der Waals surface area contributed by atoms with Crippen molar-refractivity contribution in [1.82, 2.24) is 14.8 Å². The standard InChI is InChI=1S/C38H45N3O11S/c1-17(2)40(4)15-25-39-24(16-53-25)38(46)13-20-28(34(45)30-29(32(20)43)31(42)19-8-7-9-22(47-5)27(19)33(30)44)23(14-38)51-26-12-21-35(18(3)50-26)52-36-37(48-6)49-11-10-41(21)36/h7-9,16-18,21,23,26,35-37,43,45-46H,10-15H2,1-6H3/t18-,21-,23-,26-,35+,36+,37-,38-/m0/s1. The average molecular weight is 752 g/mol. The second-order valence-corrected chi connectivity index (χ2v) is 15.8. The van der Waals surface area contributed by atoms with E-state index >= 15 is 0 Å². The van der Waals surface area contributed by atoms with Crippen LogP contribution >= 0.6 is 11.3 Å². The first-order valence-electron chi connectivity index (χ1n) is 18.0. The molecule has 0 radical (unpaired) electrons. The highest BCUT2D eigenvalue weighted by Crippen LogP contribution is 2.54. The molecule has 8 atom stereocenters. The number of nitrogens with zero attached hydrogens (tertiary/aromatic N) is 3. The van der Waals surface area contributed by atoms with Gasteiger partial charge in [0.05, 0.1) is 54.9 Å². The fourth-order valence-corrected chi connectivity index (χ4v) is 9.47.